The van der Waals surface area contributed by atoms with Crippen LogP contribution in [0.2, 0.25) is 0 Å². The van der Waals surface area contributed by atoms with Gasteiger partial charge in [0.2, 0.25) is 0 Å². The molecule has 0 spiro atoms. The van der Waals surface area contributed by atoms with Crippen molar-refractivity contribution in [2.24, 2.45) is 10.2 Å². The van der Waals surface area contributed by atoms with E-state index in [0.29, 0.717) is 0 Å². The van der Waals surface area contributed by atoms with Crippen molar-refractivity contribution in [3.63, 3.8) is 0 Å². The van der Waals surface area contributed by atoms with Crippen LogP contribution in [0, 0.1) is 0 Å². The third-order valence-electron chi connectivity index (χ3n) is 12.0. The van der Waals surface area contributed by atoms with Crippen molar-refractivity contribution in [2.75, 3.05) is 0 Å². The predicted octanol–water partition coefficient (Wildman–Crippen LogP) is 7.70. The fraction of sp³-hybridized carbons (Fsp3) is 0. The monoisotopic (exact) mass is 1200 g/mol. The smallest absolute Gasteiger partial charge is 0.282 e. The van der Waals surface area contributed by atoms with Gasteiger partial charge in [-0.1, -0.05) is 97.1 Å². The summed E-state index contributed by atoms with van der Waals surface area (Å²) in [5, 5.41) is 25.9. The fourth-order valence-corrected chi connectivity index (χ4v) is 12.7. The fourth-order valence-electron chi connectivity index (χ4n) is 8.47. The molecular formula is C48H32N8O18S6. The second-order valence-corrected chi connectivity index (χ2v) is 25.5. The topological polar surface area (TPSA) is 412 Å². The molecule has 0 saturated heterocycles. The molecule has 0 atom stereocenters. The molecule has 408 valence electrons. The minimum absolute atomic E-state index is 0.00231. The molecule has 80 heavy (non-hydrogen) atoms. The minimum atomic E-state index is -5.07. The maximum Gasteiger partial charge on any atom is 0.295 e. The van der Waals surface area contributed by atoms with Gasteiger partial charge in [0.05, 0.1) is 22.7 Å². The number of aromatic nitrogens is 6. The second kappa shape index (κ2) is 19.8. The first-order valence-corrected chi connectivity index (χ1v) is 30.8. The third kappa shape index (κ3) is 11.0. The van der Waals surface area contributed by atoms with Crippen molar-refractivity contribution in [3.8, 4) is 11.4 Å². The molecule has 2 aromatic heterocycles. The van der Waals surface area contributed by atoms with Gasteiger partial charge in [-0.3, -0.25) is 27.3 Å². The number of nitrogens with zero attached hydrogens (tertiary/aromatic N) is 8. The average molecular weight is 1200 g/mol. The van der Waals surface area contributed by atoms with Crippen molar-refractivity contribution < 1.29 is 77.8 Å². The lowest BCUT2D eigenvalue weighted by atomic mass is 10.1. The van der Waals surface area contributed by atoms with Crippen LogP contribution < -0.4 is 0 Å². The lowest BCUT2D eigenvalue weighted by Crippen LogP contribution is -2.05. The molecule has 0 saturated carbocycles. The minimum Gasteiger partial charge on any atom is -0.282 e. The molecule has 6 N–H and O–H groups in total. The molecular weight excluding hydrogens is 1170 g/mol. The van der Waals surface area contributed by atoms with Crippen molar-refractivity contribution in [2.45, 2.75) is 29.4 Å². The standard InChI is InChI=1S/C48H32N8O18S6/c57-75(58,59)41-21-31(17-13-27(41)9-11-29-15-19-33(23-43(29)77(63,64)65)55-51-39-25-45(79(69,70)71)35-5-1-3-7-37(35)47(39)53-55)49-50-32-18-14-28(42(22-32)76(60,61)62)10-12-30-16-20-34(24-44(30)78(66,67)68)56-52-40-26-46(80(72,73)74)36-6-2-4-8-38(36)48(40)54-56/h1-26H,(H,57,58,59)(H,60,61,62)(H,63,64,65)(H,66,67,68)(H,69,70,71)(H,72,73,74)/b11-9+,12-10+,50-49?. The van der Waals surface area contributed by atoms with Crippen molar-refractivity contribution in [1.82, 2.24) is 30.0 Å². The number of azo groups is 1. The number of rotatable bonds is 14. The summed E-state index contributed by atoms with van der Waals surface area (Å²) >= 11 is 0. The summed E-state index contributed by atoms with van der Waals surface area (Å²) in [6.07, 6.45) is 4.36. The van der Waals surface area contributed by atoms with Crippen LogP contribution in [0.1, 0.15) is 22.3 Å². The van der Waals surface area contributed by atoms with Gasteiger partial charge in [0.25, 0.3) is 60.7 Å². The zero-order chi connectivity index (χ0) is 57.5. The van der Waals surface area contributed by atoms with Crippen LogP contribution in [0.15, 0.2) is 173 Å². The SMILES string of the molecule is O=S(=O)(O)c1cc(N=Nc2ccc(/C=C/c3ccc(-n4nc5cc(S(=O)(=O)O)c6ccccc6c5n4)cc3S(=O)(=O)O)c(S(=O)(=O)O)c2)ccc1/C=C/c1ccc(-n2nc3cc(S(=O)(=O)O)c4ccccc4c3n2)cc1S(=O)(=O)O. The van der Waals surface area contributed by atoms with Gasteiger partial charge in [0.1, 0.15) is 51.4 Å². The summed E-state index contributed by atoms with van der Waals surface area (Å²) in [4.78, 5) is -1.96. The quantitative estimate of drug-likeness (QED) is 0.0345. The maximum atomic E-state index is 12.7. The van der Waals surface area contributed by atoms with E-state index in [0.717, 1.165) is 82.4 Å². The summed E-state index contributed by atoms with van der Waals surface area (Å²) in [5.74, 6) is 0. The number of hydrogen-bond acceptors (Lipinski definition) is 18. The van der Waals surface area contributed by atoms with Gasteiger partial charge >= 0.3 is 0 Å². The van der Waals surface area contributed by atoms with E-state index >= 15 is 0 Å². The molecule has 26 nitrogen and oxygen atoms in total. The molecule has 32 heteroatoms. The van der Waals surface area contributed by atoms with Gasteiger partial charge in [0.15, 0.2) is 0 Å². The molecule has 0 aliphatic rings. The van der Waals surface area contributed by atoms with Crippen LogP contribution in [0.4, 0.5) is 11.4 Å². The highest BCUT2D eigenvalue weighted by Crippen LogP contribution is 2.34. The van der Waals surface area contributed by atoms with Crippen LogP contribution in [0.3, 0.4) is 0 Å². The number of hydrogen-bond donors (Lipinski definition) is 6. The van der Waals surface area contributed by atoms with Gasteiger partial charge in [-0.25, -0.2) is 0 Å². The number of fused-ring (bicyclic) bond motifs is 6. The summed E-state index contributed by atoms with van der Waals surface area (Å²) in [5.41, 5.74) is -1.04. The molecule has 10 aromatic rings. The predicted molar refractivity (Wildman–Crippen MR) is 287 cm³/mol. The van der Waals surface area contributed by atoms with E-state index in [2.05, 4.69) is 30.6 Å². The summed E-state index contributed by atoms with van der Waals surface area (Å²) < 4.78 is 211. The van der Waals surface area contributed by atoms with Crippen LogP contribution in [-0.4, -0.2) is 108 Å². The first kappa shape index (κ1) is 55.0. The molecule has 8 aromatic carbocycles. The molecule has 0 aliphatic heterocycles. The molecule has 0 amide bonds. The van der Waals surface area contributed by atoms with Crippen LogP contribution >= 0.6 is 0 Å². The second-order valence-electron chi connectivity index (χ2n) is 17.2. The molecule has 0 aliphatic carbocycles. The van der Waals surface area contributed by atoms with Gasteiger partial charge in [-0.05, 0) is 82.9 Å². The Morgan fingerprint density at radius 3 is 0.925 bits per heavy atom. The summed E-state index contributed by atoms with van der Waals surface area (Å²) in [7, 11) is -29.7. The Balaban J connectivity index is 0.924. The lowest BCUT2D eigenvalue weighted by molar-refractivity contribution is 0.480. The van der Waals surface area contributed by atoms with Crippen LogP contribution in [0.5, 0.6) is 0 Å². The highest BCUT2D eigenvalue weighted by Gasteiger charge is 2.25. The third-order valence-corrected chi connectivity index (χ3v) is 17.4. The van der Waals surface area contributed by atoms with E-state index in [1.165, 1.54) is 60.7 Å². The van der Waals surface area contributed by atoms with Crippen LogP contribution in [-0.2, 0) is 60.7 Å². The average Bonchev–Trinajstić information content (AvgIpc) is 4.04. The molecule has 2 heterocycles. The normalized spacial score (nSPS) is 13.3. The van der Waals surface area contributed by atoms with E-state index < -0.39 is 90.1 Å². The van der Waals surface area contributed by atoms with Crippen LogP contribution in [0.25, 0.3) is 79.3 Å². The molecule has 0 unspecified atom stereocenters. The zero-order valence-corrected chi connectivity index (χ0v) is 44.5. The zero-order valence-electron chi connectivity index (χ0n) is 39.6. The molecule has 0 radical (unpaired) electrons. The maximum absolute atomic E-state index is 12.7. The van der Waals surface area contributed by atoms with E-state index in [-0.39, 0.29) is 88.6 Å². The first-order chi connectivity index (χ1) is 37.4. The number of benzene rings is 8. The van der Waals surface area contributed by atoms with Gasteiger partial charge < -0.3 is 0 Å². The van der Waals surface area contributed by atoms with E-state index in [1.807, 2.05) is 0 Å². The molecule has 0 fully saturated rings. The lowest BCUT2D eigenvalue weighted by Gasteiger charge is -2.08. The van der Waals surface area contributed by atoms with Gasteiger partial charge in [0, 0.05) is 21.5 Å². The molecule has 10 rings (SSSR count). The van der Waals surface area contributed by atoms with Crippen molar-refractivity contribution in [1.29, 1.82) is 0 Å². The first-order valence-electron chi connectivity index (χ1n) is 22.2. The largest absolute Gasteiger partial charge is 0.295 e. The Morgan fingerprint density at radius 2 is 0.613 bits per heavy atom. The Bertz CT molecular complexity index is 4820. The Kier molecular flexibility index (Phi) is 13.6. The summed E-state index contributed by atoms with van der Waals surface area (Å²) in [6.45, 7) is 0. The highest BCUT2D eigenvalue weighted by molar-refractivity contribution is 7.87. The van der Waals surface area contributed by atoms with Crippen molar-refractivity contribution >= 4 is 140 Å². The van der Waals surface area contributed by atoms with E-state index in [4.69, 9.17) is 0 Å². The van der Waals surface area contributed by atoms with Gasteiger partial charge in [-0.15, -0.1) is 20.4 Å². The Labute approximate surface area is 451 Å². The van der Waals surface area contributed by atoms with Crippen molar-refractivity contribution in [3.05, 3.63) is 156 Å². The summed E-state index contributed by atoms with van der Waals surface area (Å²) in [6, 6.07) is 27.8. The van der Waals surface area contributed by atoms with E-state index in [9.17, 15) is 77.8 Å². The van der Waals surface area contributed by atoms with E-state index in [1.54, 1.807) is 24.3 Å². The van der Waals surface area contributed by atoms with Gasteiger partial charge in [-0.2, -0.15) is 70.3 Å². The Hall–Kier alpha value is -8.38. The highest BCUT2D eigenvalue weighted by atomic mass is 32.2. The Morgan fingerprint density at radius 1 is 0.325 bits per heavy atom. The molecule has 0 bridgehead atoms.